The molecule has 0 aromatic rings. The second-order valence-electron chi connectivity index (χ2n) is 5.41. The fraction of sp³-hybridized carbons (Fsp3) is 0.846. The molecular weight excluding hydrogens is 278 g/mol. The molecule has 2 aliphatic rings. The molecule has 2 N–H and O–H groups in total. The first-order valence-electron chi connectivity index (χ1n) is 7.23. The number of rotatable bonds is 5. The quantitative estimate of drug-likeness (QED) is 0.742. The van der Waals surface area contributed by atoms with E-state index in [1.165, 1.54) is 5.57 Å². The molecule has 6 nitrogen and oxygen atoms in total. The minimum atomic E-state index is -3.38. The van der Waals surface area contributed by atoms with Crippen LogP contribution in [0.3, 0.4) is 0 Å². The first kappa shape index (κ1) is 15.9. The molecule has 0 spiro atoms. The summed E-state index contributed by atoms with van der Waals surface area (Å²) in [6.07, 6.45) is 5.56. The minimum absolute atomic E-state index is 0.0434. The predicted molar refractivity (Wildman–Crippen MR) is 78.5 cm³/mol. The summed E-state index contributed by atoms with van der Waals surface area (Å²) in [4.78, 5) is 0. The van der Waals surface area contributed by atoms with Gasteiger partial charge in [0.25, 0.3) is 10.2 Å². The van der Waals surface area contributed by atoms with E-state index < -0.39 is 10.2 Å². The van der Waals surface area contributed by atoms with Gasteiger partial charge >= 0.3 is 0 Å². The van der Waals surface area contributed by atoms with Crippen molar-refractivity contribution in [1.82, 2.24) is 8.61 Å². The van der Waals surface area contributed by atoms with Crippen molar-refractivity contribution in [3.63, 3.8) is 0 Å². The standard InChI is InChI=1S/C13H25N3O3S/c1-19-11-12-5-8-15(9-6-12)20(17,18)16-7-3-2-4-13(16)10-14/h5,13H,2-4,6-11,14H2,1H3. The van der Waals surface area contributed by atoms with Gasteiger partial charge in [-0.05, 0) is 24.8 Å². The smallest absolute Gasteiger partial charge is 0.282 e. The van der Waals surface area contributed by atoms with Crippen molar-refractivity contribution < 1.29 is 13.2 Å². The third-order valence-corrected chi connectivity index (χ3v) is 6.12. The molecule has 2 heterocycles. The third kappa shape index (κ3) is 3.40. The van der Waals surface area contributed by atoms with Crippen LogP contribution in [0.1, 0.15) is 25.7 Å². The summed E-state index contributed by atoms with van der Waals surface area (Å²) in [6.45, 7) is 2.55. The summed E-state index contributed by atoms with van der Waals surface area (Å²) in [6, 6.07) is -0.0434. The van der Waals surface area contributed by atoms with Gasteiger partial charge in [0, 0.05) is 39.3 Å². The average molecular weight is 303 g/mol. The molecule has 0 bridgehead atoms. The molecule has 0 amide bonds. The van der Waals surface area contributed by atoms with E-state index in [-0.39, 0.29) is 6.04 Å². The van der Waals surface area contributed by atoms with Gasteiger partial charge in [0.15, 0.2) is 0 Å². The summed E-state index contributed by atoms with van der Waals surface area (Å²) >= 11 is 0. The maximum Gasteiger partial charge on any atom is 0.282 e. The van der Waals surface area contributed by atoms with E-state index in [0.29, 0.717) is 32.8 Å². The molecule has 1 unspecified atom stereocenters. The van der Waals surface area contributed by atoms with Gasteiger partial charge in [-0.25, -0.2) is 0 Å². The molecule has 0 saturated carbocycles. The van der Waals surface area contributed by atoms with Crippen LogP contribution in [0.4, 0.5) is 0 Å². The maximum absolute atomic E-state index is 12.7. The topological polar surface area (TPSA) is 75.9 Å². The van der Waals surface area contributed by atoms with Gasteiger partial charge in [-0.15, -0.1) is 0 Å². The minimum Gasteiger partial charge on any atom is -0.380 e. The van der Waals surface area contributed by atoms with E-state index in [9.17, 15) is 8.42 Å². The first-order chi connectivity index (χ1) is 9.59. The van der Waals surface area contributed by atoms with Crippen molar-refractivity contribution in [3.8, 4) is 0 Å². The highest BCUT2D eigenvalue weighted by Gasteiger charge is 2.36. The van der Waals surface area contributed by atoms with E-state index in [0.717, 1.165) is 25.7 Å². The number of ether oxygens (including phenoxy) is 1. The highest BCUT2D eigenvalue weighted by Crippen LogP contribution is 2.24. The zero-order valence-electron chi connectivity index (χ0n) is 12.1. The van der Waals surface area contributed by atoms with Crippen molar-refractivity contribution in [1.29, 1.82) is 0 Å². The van der Waals surface area contributed by atoms with Crippen LogP contribution in [-0.4, -0.2) is 63.0 Å². The SMILES string of the molecule is COCC1=CCN(S(=O)(=O)N2CCCCC2CN)CC1. The fourth-order valence-corrected chi connectivity index (χ4v) is 4.69. The highest BCUT2D eigenvalue weighted by atomic mass is 32.2. The summed E-state index contributed by atoms with van der Waals surface area (Å²) in [5.41, 5.74) is 6.90. The normalized spacial score (nSPS) is 26.5. The van der Waals surface area contributed by atoms with Gasteiger partial charge in [0.1, 0.15) is 0 Å². The largest absolute Gasteiger partial charge is 0.380 e. The van der Waals surface area contributed by atoms with Crippen LogP contribution in [-0.2, 0) is 14.9 Å². The first-order valence-corrected chi connectivity index (χ1v) is 8.63. The Morgan fingerprint density at radius 2 is 2.20 bits per heavy atom. The lowest BCUT2D eigenvalue weighted by atomic mass is 10.1. The Morgan fingerprint density at radius 3 is 2.80 bits per heavy atom. The Hall–Kier alpha value is -0.470. The molecule has 0 aromatic carbocycles. The summed E-state index contributed by atoms with van der Waals surface area (Å²) in [5, 5.41) is 0. The van der Waals surface area contributed by atoms with Crippen LogP contribution in [0, 0.1) is 0 Å². The lowest BCUT2D eigenvalue weighted by molar-refractivity contribution is 0.215. The highest BCUT2D eigenvalue weighted by molar-refractivity contribution is 7.86. The van der Waals surface area contributed by atoms with E-state index in [4.69, 9.17) is 10.5 Å². The summed E-state index contributed by atoms with van der Waals surface area (Å²) < 4.78 is 33.7. The van der Waals surface area contributed by atoms with Crippen molar-refractivity contribution in [2.24, 2.45) is 5.73 Å². The molecule has 0 aromatic heterocycles. The number of hydrogen-bond acceptors (Lipinski definition) is 4. The van der Waals surface area contributed by atoms with Crippen LogP contribution in [0.2, 0.25) is 0 Å². The molecule has 7 heteroatoms. The Morgan fingerprint density at radius 1 is 1.40 bits per heavy atom. The molecule has 116 valence electrons. The van der Waals surface area contributed by atoms with Crippen molar-refractivity contribution in [2.45, 2.75) is 31.7 Å². The van der Waals surface area contributed by atoms with Gasteiger partial charge in [-0.3, -0.25) is 0 Å². The molecule has 0 radical (unpaired) electrons. The van der Waals surface area contributed by atoms with Crippen molar-refractivity contribution in [3.05, 3.63) is 11.6 Å². The molecular formula is C13H25N3O3S. The monoisotopic (exact) mass is 303 g/mol. The van der Waals surface area contributed by atoms with Gasteiger partial charge < -0.3 is 10.5 Å². The van der Waals surface area contributed by atoms with E-state index in [1.807, 2.05) is 6.08 Å². The molecule has 20 heavy (non-hydrogen) atoms. The number of piperidine rings is 1. The molecule has 1 fully saturated rings. The predicted octanol–water partition coefficient (Wildman–Crippen LogP) is 0.323. The zero-order chi connectivity index (χ0) is 14.6. The van der Waals surface area contributed by atoms with Crippen LogP contribution < -0.4 is 5.73 Å². The molecule has 2 rings (SSSR count). The Bertz CT molecular complexity index is 450. The number of hydrogen-bond donors (Lipinski definition) is 1. The molecule has 0 aliphatic carbocycles. The summed E-state index contributed by atoms with van der Waals surface area (Å²) in [7, 11) is -1.73. The van der Waals surface area contributed by atoms with Crippen LogP contribution >= 0.6 is 0 Å². The molecule has 2 aliphatic heterocycles. The van der Waals surface area contributed by atoms with Gasteiger partial charge in [0.05, 0.1) is 6.61 Å². The Labute approximate surface area is 121 Å². The zero-order valence-corrected chi connectivity index (χ0v) is 12.9. The Kier molecular flexibility index (Phi) is 5.57. The third-order valence-electron chi connectivity index (χ3n) is 4.06. The summed E-state index contributed by atoms with van der Waals surface area (Å²) in [5.74, 6) is 0. The van der Waals surface area contributed by atoms with Crippen molar-refractivity contribution >= 4 is 10.2 Å². The molecule has 1 saturated heterocycles. The average Bonchev–Trinajstić information content (AvgIpc) is 2.48. The molecule has 1 atom stereocenters. The van der Waals surface area contributed by atoms with E-state index in [2.05, 4.69) is 0 Å². The van der Waals surface area contributed by atoms with E-state index >= 15 is 0 Å². The maximum atomic E-state index is 12.7. The lowest BCUT2D eigenvalue weighted by Gasteiger charge is -2.38. The van der Waals surface area contributed by atoms with Gasteiger partial charge in [-0.2, -0.15) is 17.0 Å². The van der Waals surface area contributed by atoms with Gasteiger partial charge in [-0.1, -0.05) is 12.5 Å². The fourth-order valence-electron chi connectivity index (χ4n) is 2.88. The van der Waals surface area contributed by atoms with Crippen molar-refractivity contribution in [2.75, 3.05) is 39.9 Å². The van der Waals surface area contributed by atoms with Gasteiger partial charge in [0.2, 0.25) is 0 Å². The lowest BCUT2D eigenvalue weighted by Crippen LogP contribution is -2.53. The Balaban J connectivity index is 2.07. The van der Waals surface area contributed by atoms with Crippen LogP contribution in [0.5, 0.6) is 0 Å². The number of methoxy groups -OCH3 is 1. The number of nitrogens with two attached hydrogens (primary N) is 1. The van der Waals surface area contributed by atoms with Crippen LogP contribution in [0.15, 0.2) is 11.6 Å². The second-order valence-corrected chi connectivity index (χ2v) is 7.29. The van der Waals surface area contributed by atoms with E-state index in [1.54, 1.807) is 15.7 Å². The number of nitrogens with zero attached hydrogens (tertiary/aromatic N) is 2. The second kappa shape index (κ2) is 7.00. The van der Waals surface area contributed by atoms with Crippen LogP contribution in [0.25, 0.3) is 0 Å².